The highest BCUT2D eigenvalue weighted by Crippen LogP contribution is 2.37. The lowest BCUT2D eigenvalue weighted by Gasteiger charge is -2.24. The summed E-state index contributed by atoms with van der Waals surface area (Å²) in [7, 11) is -3.97. The van der Waals surface area contributed by atoms with E-state index in [4.69, 9.17) is 14.2 Å². The molecule has 0 unspecified atom stereocenters. The van der Waals surface area contributed by atoms with Crippen LogP contribution in [0.15, 0.2) is 47.4 Å². The minimum atomic E-state index is -3.97. The Balaban J connectivity index is 2.02. The highest BCUT2D eigenvalue weighted by atomic mass is 32.2. The van der Waals surface area contributed by atoms with Crippen LogP contribution in [0.3, 0.4) is 0 Å². The van der Waals surface area contributed by atoms with Gasteiger partial charge in [-0.15, -0.1) is 0 Å². The summed E-state index contributed by atoms with van der Waals surface area (Å²) in [5, 5.41) is 0. The fourth-order valence-electron chi connectivity index (χ4n) is 2.52. The van der Waals surface area contributed by atoms with E-state index in [9.17, 15) is 13.2 Å². The molecule has 0 radical (unpaired) electrons. The Hall–Kier alpha value is -2.74. The van der Waals surface area contributed by atoms with Crippen LogP contribution in [0.4, 0.5) is 5.69 Å². The zero-order chi connectivity index (χ0) is 18.7. The van der Waals surface area contributed by atoms with Crippen LogP contribution in [0, 0.1) is 6.92 Å². The van der Waals surface area contributed by atoms with Crippen molar-refractivity contribution in [1.82, 2.24) is 0 Å². The van der Waals surface area contributed by atoms with Crippen molar-refractivity contribution in [2.24, 2.45) is 0 Å². The number of sulfonamides is 1. The molecule has 2 aromatic rings. The van der Waals surface area contributed by atoms with Gasteiger partial charge in [-0.2, -0.15) is 0 Å². The van der Waals surface area contributed by atoms with Crippen LogP contribution < -0.4 is 13.8 Å². The number of hydrogen-bond acceptors (Lipinski definition) is 6. The molecule has 1 heterocycles. The average molecular weight is 377 g/mol. The van der Waals surface area contributed by atoms with E-state index in [0.717, 1.165) is 9.87 Å². The van der Waals surface area contributed by atoms with Crippen LogP contribution in [0.25, 0.3) is 0 Å². The maximum absolute atomic E-state index is 13.1. The molecule has 7 nitrogen and oxygen atoms in total. The number of ether oxygens (including phenoxy) is 3. The average Bonchev–Trinajstić information content (AvgIpc) is 3.08. The van der Waals surface area contributed by atoms with Crippen molar-refractivity contribution in [3.05, 3.63) is 48.0 Å². The number of aryl methyl sites for hydroxylation is 1. The molecule has 8 heteroatoms. The highest BCUT2D eigenvalue weighted by molar-refractivity contribution is 7.92. The van der Waals surface area contributed by atoms with Crippen LogP contribution in [0.1, 0.15) is 12.5 Å². The number of esters is 1. The summed E-state index contributed by atoms with van der Waals surface area (Å²) < 4.78 is 42.8. The van der Waals surface area contributed by atoms with Gasteiger partial charge in [-0.25, -0.2) is 8.42 Å². The summed E-state index contributed by atoms with van der Waals surface area (Å²) in [4.78, 5) is 12.1. The molecule has 3 rings (SSSR count). The second kappa shape index (κ2) is 7.25. The van der Waals surface area contributed by atoms with E-state index in [1.54, 1.807) is 31.2 Å². The first kappa shape index (κ1) is 18.1. The van der Waals surface area contributed by atoms with Gasteiger partial charge >= 0.3 is 5.97 Å². The first-order valence-corrected chi connectivity index (χ1v) is 9.50. The third-order valence-corrected chi connectivity index (χ3v) is 5.62. The monoisotopic (exact) mass is 377 g/mol. The zero-order valence-corrected chi connectivity index (χ0v) is 15.3. The summed E-state index contributed by atoms with van der Waals surface area (Å²) in [6.45, 7) is 3.32. The Morgan fingerprint density at radius 3 is 2.50 bits per heavy atom. The lowest BCUT2D eigenvalue weighted by molar-refractivity contribution is -0.141. The van der Waals surface area contributed by atoms with Crippen molar-refractivity contribution >= 4 is 21.7 Å². The van der Waals surface area contributed by atoms with Crippen LogP contribution in [-0.2, 0) is 19.6 Å². The maximum Gasteiger partial charge on any atom is 0.326 e. The molecule has 0 aliphatic carbocycles. The lowest BCUT2D eigenvalue weighted by Crippen LogP contribution is -2.36. The number of rotatable bonds is 6. The second-order valence-electron chi connectivity index (χ2n) is 5.67. The van der Waals surface area contributed by atoms with E-state index < -0.39 is 22.5 Å². The van der Waals surface area contributed by atoms with Gasteiger partial charge in [0, 0.05) is 6.07 Å². The number of hydrogen-bond donors (Lipinski definition) is 0. The van der Waals surface area contributed by atoms with Gasteiger partial charge < -0.3 is 14.2 Å². The van der Waals surface area contributed by atoms with Crippen LogP contribution >= 0.6 is 0 Å². The van der Waals surface area contributed by atoms with Gasteiger partial charge in [0.25, 0.3) is 10.0 Å². The molecule has 0 aromatic heterocycles. The number of benzene rings is 2. The van der Waals surface area contributed by atoms with Crippen molar-refractivity contribution in [3.8, 4) is 11.5 Å². The molecular weight excluding hydrogens is 358 g/mol. The van der Waals surface area contributed by atoms with Crippen LogP contribution in [-0.4, -0.2) is 34.3 Å². The normalized spacial score (nSPS) is 12.7. The number of anilines is 1. The van der Waals surface area contributed by atoms with E-state index in [1.807, 2.05) is 6.92 Å². The van der Waals surface area contributed by atoms with Gasteiger partial charge in [0.2, 0.25) is 6.79 Å². The Labute approximate surface area is 152 Å². The van der Waals surface area contributed by atoms with Gasteiger partial charge in [0.05, 0.1) is 17.2 Å². The minimum absolute atomic E-state index is 0.0708. The Kier molecular flexibility index (Phi) is 5.03. The van der Waals surface area contributed by atoms with Gasteiger partial charge in [0.1, 0.15) is 6.54 Å². The fraction of sp³-hybridized carbons (Fsp3) is 0.278. The molecule has 0 amide bonds. The Bertz CT molecular complexity index is 908. The zero-order valence-electron chi connectivity index (χ0n) is 14.5. The summed E-state index contributed by atoms with van der Waals surface area (Å²) in [5.41, 5.74) is 1.23. The number of nitrogens with zero attached hydrogens (tertiary/aromatic N) is 1. The van der Waals surface area contributed by atoms with Gasteiger partial charge in [-0.1, -0.05) is 17.7 Å². The minimum Gasteiger partial charge on any atom is -0.465 e. The molecular formula is C18H19NO6S. The Morgan fingerprint density at radius 2 is 1.81 bits per heavy atom. The van der Waals surface area contributed by atoms with E-state index in [0.29, 0.717) is 17.2 Å². The van der Waals surface area contributed by atoms with Crippen molar-refractivity contribution in [2.75, 3.05) is 24.2 Å². The van der Waals surface area contributed by atoms with E-state index in [-0.39, 0.29) is 18.3 Å². The second-order valence-corrected chi connectivity index (χ2v) is 7.53. The van der Waals surface area contributed by atoms with Gasteiger partial charge in [-0.05, 0) is 38.1 Å². The first-order chi connectivity index (χ1) is 12.4. The molecule has 1 aliphatic heterocycles. The predicted molar refractivity (Wildman–Crippen MR) is 94.9 cm³/mol. The molecule has 0 saturated heterocycles. The molecule has 1 aliphatic rings. The van der Waals surface area contributed by atoms with E-state index in [2.05, 4.69) is 0 Å². The van der Waals surface area contributed by atoms with Crippen molar-refractivity contribution in [1.29, 1.82) is 0 Å². The molecule has 0 spiro atoms. The number of fused-ring (bicyclic) bond motifs is 1. The lowest BCUT2D eigenvalue weighted by atomic mass is 10.2. The number of carbonyl (C=O) groups is 1. The quantitative estimate of drug-likeness (QED) is 0.720. The smallest absolute Gasteiger partial charge is 0.326 e. The third kappa shape index (κ3) is 3.60. The molecule has 0 saturated carbocycles. The number of carbonyl (C=O) groups excluding carboxylic acids is 1. The van der Waals surface area contributed by atoms with Crippen molar-refractivity contribution in [2.45, 2.75) is 18.7 Å². The summed E-state index contributed by atoms with van der Waals surface area (Å²) in [5.74, 6) is 0.314. The first-order valence-electron chi connectivity index (χ1n) is 8.06. The molecule has 0 N–H and O–H groups in total. The molecule has 2 aromatic carbocycles. The maximum atomic E-state index is 13.1. The summed E-state index contributed by atoms with van der Waals surface area (Å²) in [6.07, 6.45) is 0. The van der Waals surface area contributed by atoms with Crippen molar-refractivity contribution in [3.63, 3.8) is 0 Å². The molecule has 0 atom stereocenters. The molecule has 138 valence electrons. The van der Waals surface area contributed by atoms with Crippen LogP contribution in [0.5, 0.6) is 11.5 Å². The van der Waals surface area contributed by atoms with E-state index >= 15 is 0 Å². The fourth-order valence-corrected chi connectivity index (χ4v) is 3.92. The SMILES string of the molecule is CCOC(=O)CN(c1ccc2c(c1)OCO2)S(=O)(=O)c1ccc(C)cc1. The molecule has 0 fully saturated rings. The van der Waals surface area contributed by atoms with Crippen LogP contribution in [0.2, 0.25) is 0 Å². The molecule has 26 heavy (non-hydrogen) atoms. The Morgan fingerprint density at radius 1 is 1.12 bits per heavy atom. The topological polar surface area (TPSA) is 82.1 Å². The largest absolute Gasteiger partial charge is 0.465 e. The predicted octanol–water partition coefficient (Wildman–Crippen LogP) is 2.48. The molecule has 0 bridgehead atoms. The third-order valence-electron chi connectivity index (χ3n) is 3.83. The van der Waals surface area contributed by atoms with Crippen molar-refractivity contribution < 1.29 is 27.4 Å². The van der Waals surface area contributed by atoms with E-state index in [1.165, 1.54) is 18.2 Å². The van der Waals surface area contributed by atoms with Gasteiger partial charge in [0.15, 0.2) is 11.5 Å². The summed E-state index contributed by atoms with van der Waals surface area (Å²) in [6, 6.07) is 11.1. The summed E-state index contributed by atoms with van der Waals surface area (Å²) >= 11 is 0. The highest BCUT2D eigenvalue weighted by Gasteiger charge is 2.29. The standard InChI is InChI=1S/C18H19NO6S/c1-3-23-18(20)11-19(14-6-9-16-17(10-14)25-12-24-16)26(21,22)15-7-4-13(2)5-8-15/h4-10H,3,11-12H2,1-2H3. The van der Waals surface area contributed by atoms with Gasteiger partial charge in [-0.3, -0.25) is 9.10 Å².